The van der Waals surface area contributed by atoms with Crippen molar-refractivity contribution in [2.45, 2.75) is 38.0 Å². The predicted octanol–water partition coefficient (Wildman–Crippen LogP) is 3.28. The third kappa shape index (κ3) is 2.92. The Morgan fingerprint density at radius 2 is 1.95 bits per heavy atom. The molecular weight excluding hydrogens is 239 g/mol. The van der Waals surface area contributed by atoms with Crippen molar-refractivity contribution in [2.75, 3.05) is 31.1 Å². The molecule has 1 atom stereocenters. The van der Waals surface area contributed by atoms with Crippen LogP contribution in [0, 0.1) is 5.82 Å². The van der Waals surface area contributed by atoms with Gasteiger partial charge in [0, 0.05) is 25.3 Å². The molecule has 1 aromatic rings. The normalized spacial score (nSPS) is 24.5. The molecule has 2 fully saturated rings. The summed E-state index contributed by atoms with van der Waals surface area (Å²) >= 11 is 0. The van der Waals surface area contributed by atoms with Crippen LogP contribution in [-0.2, 0) is 0 Å². The van der Waals surface area contributed by atoms with Crippen LogP contribution in [0.25, 0.3) is 0 Å². The molecule has 2 heterocycles. The molecule has 1 N–H and O–H groups in total. The van der Waals surface area contributed by atoms with Crippen molar-refractivity contribution in [1.82, 2.24) is 5.32 Å². The Hall–Kier alpha value is -1.09. The second-order valence-corrected chi connectivity index (χ2v) is 5.79. The van der Waals surface area contributed by atoms with Crippen LogP contribution in [-0.4, -0.2) is 26.2 Å². The third-order valence-electron chi connectivity index (χ3n) is 4.42. The lowest BCUT2D eigenvalue weighted by molar-refractivity contribution is 0.458. The number of nitrogens with one attached hydrogen (secondary N) is 1. The second-order valence-electron chi connectivity index (χ2n) is 5.79. The van der Waals surface area contributed by atoms with E-state index < -0.39 is 0 Å². The van der Waals surface area contributed by atoms with Crippen molar-refractivity contribution in [3.63, 3.8) is 0 Å². The molecule has 0 bridgehead atoms. The van der Waals surface area contributed by atoms with Crippen LogP contribution in [0.2, 0.25) is 0 Å². The fourth-order valence-electron chi connectivity index (χ4n) is 3.39. The van der Waals surface area contributed by atoms with Crippen molar-refractivity contribution in [3.8, 4) is 0 Å². The Morgan fingerprint density at radius 1 is 1.11 bits per heavy atom. The quantitative estimate of drug-likeness (QED) is 0.880. The number of nitrogens with zero attached hydrogens (tertiary/aromatic N) is 1. The molecule has 0 amide bonds. The standard InChI is InChI=1S/C16H23FN2/c17-14-6-7-16(19-9-2-1-3-10-19)15(11-14)13-5-4-8-18-12-13/h6-7,11,13,18H,1-5,8-10,12H2. The van der Waals surface area contributed by atoms with Crippen molar-refractivity contribution < 1.29 is 4.39 Å². The van der Waals surface area contributed by atoms with Gasteiger partial charge in [0.25, 0.3) is 0 Å². The third-order valence-corrected chi connectivity index (χ3v) is 4.42. The fourth-order valence-corrected chi connectivity index (χ4v) is 3.39. The Morgan fingerprint density at radius 3 is 2.68 bits per heavy atom. The molecule has 0 aromatic heterocycles. The van der Waals surface area contributed by atoms with Crippen molar-refractivity contribution in [1.29, 1.82) is 0 Å². The summed E-state index contributed by atoms with van der Waals surface area (Å²) in [6, 6.07) is 5.37. The first-order valence-electron chi connectivity index (χ1n) is 7.60. The summed E-state index contributed by atoms with van der Waals surface area (Å²) in [7, 11) is 0. The van der Waals surface area contributed by atoms with E-state index in [1.807, 2.05) is 6.07 Å². The van der Waals surface area contributed by atoms with Crippen LogP contribution >= 0.6 is 0 Å². The number of benzene rings is 1. The molecule has 2 saturated heterocycles. The first kappa shape index (κ1) is 12.9. The van der Waals surface area contributed by atoms with E-state index in [0.29, 0.717) is 5.92 Å². The highest BCUT2D eigenvalue weighted by Gasteiger charge is 2.22. The molecule has 0 aliphatic carbocycles. The number of hydrogen-bond donors (Lipinski definition) is 1. The lowest BCUT2D eigenvalue weighted by Crippen LogP contribution is -2.33. The zero-order valence-electron chi connectivity index (χ0n) is 11.5. The SMILES string of the molecule is Fc1ccc(N2CCCCC2)c(C2CCCNC2)c1. The minimum atomic E-state index is -0.0960. The highest BCUT2D eigenvalue weighted by Crippen LogP contribution is 2.33. The number of piperidine rings is 2. The van der Waals surface area contributed by atoms with Gasteiger partial charge in [0.2, 0.25) is 0 Å². The topological polar surface area (TPSA) is 15.3 Å². The summed E-state index contributed by atoms with van der Waals surface area (Å²) in [6.45, 7) is 4.34. The molecule has 3 heteroatoms. The Balaban J connectivity index is 1.88. The highest BCUT2D eigenvalue weighted by atomic mass is 19.1. The van der Waals surface area contributed by atoms with Crippen molar-refractivity contribution >= 4 is 5.69 Å². The average molecular weight is 262 g/mol. The molecule has 0 saturated carbocycles. The lowest BCUT2D eigenvalue weighted by atomic mass is 9.89. The Bertz CT molecular complexity index is 421. The molecule has 1 unspecified atom stereocenters. The average Bonchev–Trinajstić information content (AvgIpc) is 2.49. The van der Waals surface area contributed by atoms with Crippen LogP contribution in [0.1, 0.15) is 43.6 Å². The van der Waals surface area contributed by atoms with E-state index in [2.05, 4.69) is 10.2 Å². The molecule has 2 aliphatic heterocycles. The van der Waals surface area contributed by atoms with Gasteiger partial charge in [-0.2, -0.15) is 0 Å². The first-order valence-corrected chi connectivity index (χ1v) is 7.60. The number of rotatable bonds is 2. The van der Waals surface area contributed by atoms with Crippen LogP contribution in [0.15, 0.2) is 18.2 Å². The molecule has 104 valence electrons. The van der Waals surface area contributed by atoms with E-state index in [1.54, 1.807) is 12.1 Å². The van der Waals surface area contributed by atoms with Gasteiger partial charge in [0.1, 0.15) is 5.82 Å². The summed E-state index contributed by atoms with van der Waals surface area (Å²) in [5.74, 6) is 0.378. The number of hydrogen-bond acceptors (Lipinski definition) is 2. The number of anilines is 1. The smallest absolute Gasteiger partial charge is 0.123 e. The van der Waals surface area contributed by atoms with Crippen LogP contribution in [0.4, 0.5) is 10.1 Å². The van der Waals surface area contributed by atoms with Gasteiger partial charge in [-0.3, -0.25) is 0 Å². The van der Waals surface area contributed by atoms with Gasteiger partial charge in [0.15, 0.2) is 0 Å². The van der Waals surface area contributed by atoms with Crippen LogP contribution < -0.4 is 10.2 Å². The molecule has 3 rings (SSSR count). The molecule has 0 spiro atoms. The zero-order valence-corrected chi connectivity index (χ0v) is 11.5. The maximum atomic E-state index is 13.6. The maximum absolute atomic E-state index is 13.6. The predicted molar refractivity (Wildman–Crippen MR) is 77.3 cm³/mol. The van der Waals surface area contributed by atoms with Crippen molar-refractivity contribution in [3.05, 3.63) is 29.6 Å². The molecule has 2 aliphatic rings. The lowest BCUT2D eigenvalue weighted by Gasteiger charge is -2.33. The van der Waals surface area contributed by atoms with Gasteiger partial charge >= 0.3 is 0 Å². The van der Waals surface area contributed by atoms with E-state index in [4.69, 9.17) is 0 Å². The molecule has 19 heavy (non-hydrogen) atoms. The van der Waals surface area contributed by atoms with Gasteiger partial charge < -0.3 is 10.2 Å². The van der Waals surface area contributed by atoms with Gasteiger partial charge in [-0.25, -0.2) is 4.39 Å². The summed E-state index contributed by atoms with van der Waals surface area (Å²) in [6.07, 6.45) is 6.23. The molecular formula is C16H23FN2. The minimum Gasteiger partial charge on any atom is -0.371 e. The first-order chi connectivity index (χ1) is 9.34. The van der Waals surface area contributed by atoms with E-state index in [-0.39, 0.29) is 5.82 Å². The van der Waals surface area contributed by atoms with E-state index in [1.165, 1.54) is 43.4 Å². The molecule has 0 radical (unpaired) electrons. The van der Waals surface area contributed by atoms with E-state index in [9.17, 15) is 4.39 Å². The Kier molecular flexibility index (Phi) is 4.02. The van der Waals surface area contributed by atoms with Crippen LogP contribution in [0.3, 0.4) is 0 Å². The summed E-state index contributed by atoms with van der Waals surface area (Å²) in [5, 5.41) is 3.44. The van der Waals surface area contributed by atoms with Crippen molar-refractivity contribution in [2.24, 2.45) is 0 Å². The van der Waals surface area contributed by atoms with E-state index in [0.717, 1.165) is 26.2 Å². The summed E-state index contributed by atoms with van der Waals surface area (Å²) < 4.78 is 13.6. The highest BCUT2D eigenvalue weighted by molar-refractivity contribution is 5.56. The van der Waals surface area contributed by atoms with Gasteiger partial charge in [0.05, 0.1) is 0 Å². The minimum absolute atomic E-state index is 0.0960. The van der Waals surface area contributed by atoms with Crippen LogP contribution in [0.5, 0.6) is 0 Å². The second kappa shape index (κ2) is 5.91. The zero-order chi connectivity index (χ0) is 13.1. The largest absolute Gasteiger partial charge is 0.371 e. The monoisotopic (exact) mass is 262 g/mol. The van der Waals surface area contributed by atoms with Gasteiger partial charge in [-0.15, -0.1) is 0 Å². The fraction of sp³-hybridized carbons (Fsp3) is 0.625. The number of halogens is 1. The maximum Gasteiger partial charge on any atom is 0.123 e. The van der Waals surface area contributed by atoms with E-state index >= 15 is 0 Å². The van der Waals surface area contributed by atoms with Gasteiger partial charge in [-0.1, -0.05) is 0 Å². The molecule has 1 aromatic carbocycles. The molecule has 2 nitrogen and oxygen atoms in total. The summed E-state index contributed by atoms with van der Waals surface area (Å²) in [4.78, 5) is 2.45. The summed E-state index contributed by atoms with van der Waals surface area (Å²) in [5.41, 5.74) is 2.49. The van der Waals surface area contributed by atoms with Gasteiger partial charge in [-0.05, 0) is 68.3 Å². The Labute approximate surface area is 115 Å².